The van der Waals surface area contributed by atoms with Crippen LogP contribution in [0.1, 0.15) is 17.5 Å². The number of halogens is 1. The Bertz CT molecular complexity index is 661. The summed E-state index contributed by atoms with van der Waals surface area (Å²) < 4.78 is 24.3. The van der Waals surface area contributed by atoms with E-state index in [4.69, 9.17) is 11.6 Å². The Hall–Kier alpha value is -1.11. The van der Waals surface area contributed by atoms with Crippen molar-refractivity contribution in [1.29, 1.82) is 0 Å². The summed E-state index contributed by atoms with van der Waals surface area (Å²) in [5.74, 6) is 0.109. The van der Waals surface area contributed by atoms with Crippen LogP contribution in [0.4, 0.5) is 0 Å². The maximum absolute atomic E-state index is 12.0. The molecule has 1 amide bonds. The maximum Gasteiger partial charge on any atom is 0.224 e. The van der Waals surface area contributed by atoms with Crippen molar-refractivity contribution in [2.75, 3.05) is 25.9 Å². The Morgan fingerprint density at radius 2 is 2.18 bits per heavy atom. The summed E-state index contributed by atoms with van der Waals surface area (Å²) in [6, 6.07) is 5.59. The molecule has 1 aliphatic rings. The average molecular weight is 345 g/mol. The van der Waals surface area contributed by atoms with Crippen LogP contribution < -0.4 is 5.32 Å². The quantitative estimate of drug-likeness (QED) is 0.882. The van der Waals surface area contributed by atoms with E-state index in [0.717, 1.165) is 17.5 Å². The summed E-state index contributed by atoms with van der Waals surface area (Å²) in [5.41, 5.74) is 1.86. The number of nitrogens with one attached hydrogen (secondary N) is 1. The first-order chi connectivity index (χ1) is 10.3. The Labute approximate surface area is 136 Å². The lowest BCUT2D eigenvalue weighted by Gasteiger charge is -2.14. The first kappa shape index (κ1) is 17.2. The lowest BCUT2D eigenvalue weighted by atomic mass is 10.1. The fourth-order valence-electron chi connectivity index (χ4n) is 2.52. The highest BCUT2D eigenvalue weighted by Gasteiger charge is 2.28. The van der Waals surface area contributed by atoms with Crippen LogP contribution in [0.15, 0.2) is 18.2 Å². The van der Waals surface area contributed by atoms with Crippen LogP contribution in [-0.4, -0.2) is 44.5 Å². The topological polar surface area (TPSA) is 66.5 Å². The lowest BCUT2D eigenvalue weighted by Crippen LogP contribution is -2.33. The van der Waals surface area contributed by atoms with E-state index in [0.29, 0.717) is 24.7 Å². The van der Waals surface area contributed by atoms with Gasteiger partial charge in [-0.3, -0.25) is 4.79 Å². The molecule has 1 N–H and O–H groups in total. The largest absolute Gasteiger partial charge is 0.355 e. The number of carbonyl (C=O) groups is 1. The molecule has 1 fully saturated rings. The summed E-state index contributed by atoms with van der Waals surface area (Å²) in [6.45, 7) is 3.44. The third kappa shape index (κ3) is 4.69. The molecule has 0 aliphatic carbocycles. The SMILES string of the molecule is Cc1ccc(CC(=O)NCC2CCN(S(C)(=O)=O)C2)cc1Cl. The molecule has 1 aromatic rings. The van der Waals surface area contributed by atoms with Gasteiger partial charge in [0.15, 0.2) is 0 Å². The lowest BCUT2D eigenvalue weighted by molar-refractivity contribution is -0.120. The third-order valence-electron chi connectivity index (χ3n) is 3.91. The zero-order valence-electron chi connectivity index (χ0n) is 12.8. The first-order valence-electron chi connectivity index (χ1n) is 7.22. The third-order valence-corrected chi connectivity index (χ3v) is 5.58. The molecule has 0 radical (unpaired) electrons. The second-order valence-electron chi connectivity index (χ2n) is 5.84. The minimum Gasteiger partial charge on any atom is -0.355 e. The number of sulfonamides is 1. The number of hydrogen-bond donors (Lipinski definition) is 1. The zero-order chi connectivity index (χ0) is 16.3. The van der Waals surface area contributed by atoms with Crippen molar-refractivity contribution >= 4 is 27.5 Å². The van der Waals surface area contributed by atoms with Crippen molar-refractivity contribution in [1.82, 2.24) is 9.62 Å². The molecule has 2 rings (SSSR count). The van der Waals surface area contributed by atoms with Crippen LogP contribution in [0.3, 0.4) is 0 Å². The Morgan fingerprint density at radius 3 is 2.77 bits per heavy atom. The van der Waals surface area contributed by atoms with Crippen LogP contribution in [0.25, 0.3) is 0 Å². The number of nitrogens with zero attached hydrogens (tertiary/aromatic N) is 1. The van der Waals surface area contributed by atoms with Crippen LogP contribution in [0.5, 0.6) is 0 Å². The fraction of sp³-hybridized carbons (Fsp3) is 0.533. The van der Waals surface area contributed by atoms with Gasteiger partial charge in [-0.1, -0.05) is 23.7 Å². The highest BCUT2D eigenvalue weighted by atomic mass is 35.5. The van der Waals surface area contributed by atoms with Crippen LogP contribution in [0, 0.1) is 12.8 Å². The van der Waals surface area contributed by atoms with Gasteiger partial charge in [-0.15, -0.1) is 0 Å². The number of aryl methyl sites for hydroxylation is 1. The molecule has 0 spiro atoms. The molecular weight excluding hydrogens is 324 g/mol. The minimum atomic E-state index is -3.13. The molecule has 0 aromatic heterocycles. The van der Waals surface area contributed by atoms with E-state index in [1.165, 1.54) is 10.6 Å². The number of hydrogen-bond acceptors (Lipinski definition) is 3. The molecule has 7 heteroatoms. The molecule has 5 nitrogen and oxygen atoms in total. The summed E-state index contributed by atoms with van der Waals surface area (Å²) in [6.07, 6.45) is 2.28. The number of rotatable bonds is 5. The second-order valence-corrected chi connectivity index (χ2v) is 8.23. The van der Waals surface area contributed by atoms with Crippen LogP contribution >= 0.6 is 11.6 Å². The van der Waals surface area contributed by atoms with Crippen molar-refractivity contribution in [2.24, 2.45) is 5.92 Å². The van der Waals surface area contributed by atoms with Gasteiger partial charge in [0, 0.05) is 24.7 Å². The summed E-state index contributed by atoms with van der Waals surface area (Å²) in [7, 11) is -3.13. The molecule has 0 bridgehead atoms. The highest BCUT2D eigenvalue weighted by Crippen LogP contribution is 2.19. The number of benzene rings is 1. The predicted molar refractivity (Wildman–Crippen MR) is 87.4 cm³/mol. The minimum absolute atomic E-state index is 0.0716. The van der Waals surface area contributed by atoms with Gasteiger partial charge in [0.05, 0.1) is 12.7 Å². The Kier molecular flexibility index (Phi) is 5.47. The van der Waals surface area contributed by atoms with Crippen molar-refractivity contribution in [3.05, 3.63) is 34.3 Å². The summed E-state index contributed by atoms with van der Waals surface area (Å²) >= 11 is 6.04. The zero-order valence-corrected chi connectivity index (χ0v) is 14.4. The molecule has 1 unspecified atom stereocenters. The average Bonchev–Trinajstić information content (AvgIpc) is 2.89. The van der Waals surface area contributed by atoms with Gasteiger partial charge in [0.2, 0.25) is 15.9 Å². The Balaban J connectivity index is 1.80. The van der Waals surface area contributed by atoms with Crippen molar-refractivity contribution in [2.45, 2.75) is 19.8 Å². The first-order valence-corrected chi connectivity index (χ1v) is 9.45. The molecule has 0 saturated carbocycles. The number of amides is 1. The van der Waals surface area contributed by atoms with Gasteiger partial charge in [0.25, 0.3) is 0 Å². The standard InChI is InChI=1S/C15H21ClN2O3S/c1-11-3-4-12(7-14(11)16)8-15(19)17-9-13-5-6-18(10-13)22(2,20)21/h3-4,7,13H,5-6,8-10H2,1-2H3,(H,17,19). The van der Waals surface area contributed by atoms with Gasteiger partial charge < -0.3 is 5.32 Å². The highest BCUT2D eigenvalue weighted by molar-refractivity contribution is 7.88. The van der Waals surface area contributed by atoms with Crippen LogP contribution in [0.2, 0.25) is 5.02 Å². The monoisotopic (exact) mass is 344 g/mol. The molecule has 1 heterocycles. The van der Waals surface area contributed by atoms with E-state index < -0.39 is 10.0 Å². The van der Waals surface area contributed by atoms with Gasteiger partial charge in [-0.05, 0) is 36.5 Å². The van der Waals surface area contributed by atoms with Crippen molar-refractivity contribution in [3.63, 3.8) is 0 Å². The molecule has 1 aromatic carbocycles. The van der Waals surface area contributed by atoms with Gasteiger partial charge >= 0.3 is 0 Å². The van der Waals surface area contributed by atoms with E-state index in [9.17, 15) is 13.2 Å². The molecule has 1 atom stereocenters. The van der Waals surface area contributed by atoms with Gasteiger partial charge in [0.1, 0.15) is 0 Å². The molecule has 1 aliphatic heterocycles. The van der Waals surface area contributed by atoms with E-state index in [1.54, 1.807) is 6.07 Å². The molecular formula is C15H21ClN2O3S. The predicted octanol–water partition coefficient (Wildman–Crippen LogP) is 1.59. The number of carbonyl (C=O) groups excluding carboxylic acids is 1. The maximum atomic E-state index is 12.0. The van der Waals surface area contributed by atoms with Crippen molar-refractivity contribution in [3.8, 4) is 0 Å². The normalized spacial score (nSPS) is 19.3. The van der Waals surface area contributed by atoms with Crippen LogP contribution in [-0.2, 0) is 21.2 Å². The summed E-state index contributed by atoms with van der Waals surface area (Å²) in [5, 5.41) is 3.53. The van der Waals surface area contributed by atoms with Gasteiger partial charge in [-0.2, -0.15) is 0 Å². The van der Waals surface area contributed by atoms with E-state index in [1.807, 2.05) is 19.1 Å². The fourth-order valence-corrected chi connectivity index (χ4v) is 3.64. The van der Waals surface area contributed by atoms with E-state index in [2.05, 4.69) is 5.32 Å². The summed E-state index contributed by atoms with van der Waals surface area (Å²) in [4.78, 5) is 12.0. The van der Waals surface area contributed by atoms with Gasteiger partial charge in [-0.25, -0.2) is 12.7 Å². The van der Waals surface area contributed by atoms with E-state index in [-0.39, 0.29) is 18.2 Å². The van der Waals surface area contributed by atoms with Crippen molar-refractivity contribution < 1.29 is 13.2 Å². The smallest absolute Gasteiger partial charge is 0.224 e. The molecule has 22 heavy (non-hydrogen) atoms. The van der Waals surface area contributed by atoms with E-state index >= 15 is 0 Å². The second kappa shape index (κ2) is 6.98. The molecule has 1 saturated heterocycles. The molecule has 122 valence electrons. The Morgan fingerprint density at radius 1 is 1.45 bits per heavy atom.